The molecule has 2 aliphatic rings. The molecular formula is C13H22O2. The van der Waals surface area contributed by atoms with Gasteiger partial charge in [-0.25, -0.2) is 0 Å². The molecule has 2 nitrogen and oxygen atoms in total. The summed E-state index contributed by atoms with van der Waals surface area (Å²) in [5.74, 6) is 1.10. The van der Waals surface area contributed by atoms with E-state index in [0.29, 0.717) is 11.8 Å². The van der Waals surface area contributed by atoms with Crippen molar-refractivity contribution in [3.63, 3.8) is 0 Å². The summed E-state index contributed by atoms with van der Waals surface area (Å²) in [6.45, 7) is 4.32. The van der Waals surface area contributed by atoms with Crippen molar-refractivity contribution >= 4 is 6.29 Å². The van der Waals surface area contributed by atoms with E-state index in [-0.39, 0.29) is 17.4 Å². The quantitative estimate of drug-likeness (QED) is 0.711. The van der Waals surface area contributed by atoms with Crippen molar-refractivity contribution in [1.29, 1.82) is 0 Å². The minimum absolute atomic E-state index is 0.118. The summed E-state index contributed by atoms with van der Waals surface area (Å²) in [4.78, 5) is 10.9. The summed E-state index contributed by atoms with van der Waals surface area (Å²) in [7, 11) is 0. The number of carbonyl (C=O) groups is 1. The minimum Gasteiger partial charge on any atom is -0.393 e. The molecule has 0 saturated heterocycles. The predicted octanol–water partition coefficient (Wildman–Crippen LogP) is 2.40. The van der Waals surface area contributed by atoms with E-state index in [9.17, 15) is 9.90 Å². The predicted molar refractivity (Wildman–Crippen MR) is 59.4 cm³/mol. The molecule has 1 N–H and O–H groups in total. The fourth-order valence-corrected chi connectivity index (χ4v) is 4.15. The molecule has 0 amide bonds. The Morgan fingerprint density at radius 3 is 2.80 bits per heavy atom. The van der Waals surface area contributed by atoms with Gasteiger partial charge in [-0.1, -0.05) is 20.3 Å². The smallest absolute Gasteiger partial charge is 0.123 e. The van der Waals surface area contributed by atoms with Crippen LogP contribution in [-0.4, -0.2) is 17.5 Å². The standard InChI is InChI=1S/C13H22O2/c1-9(8-14)10-5-6-11-12(15)4-3-7-13(10,11)2/h8-12,15H,3-7H2,1-2H3/t9-,10+,11?,12?,13+/m0/s1. The molecule has 2 unspecified atom stereocenters. The van der Waals surface area contributed by atoms with Gasteiger partial charge in [0.1, 0.15) is 6.29 Å². The Morgan fingerprint density at radius 1 is 1.40 bits per heavy atom. The Kier molecular flexibility index (Phi) is 2.89. The van der Waals surface area contributed by atoms with Crippen LogP contribution in [0.2, 0.25) is 0 Å². The molecule has 0 aromatic rings. The van der Waals surface area contributed by atoms with E-state index in [1.165, 1.54) is 6.42 Å². The van der Waals surface area contributed by atoms with Crippen LogP contribution in [0, 0.1) is 23.2 Å². The van der Waals surface area contributed by atoms with Crippen LogP contribution in [0.3, 0.4) is 0 Å². The number of hydrogen-bond acceptors (Lipinski definition) is 2. The zero-order valence-electron chi connectivity index (χ0n) is 9.78. The van der Waals surface area contributed by atoms with E-state index in [1.807, 2.05) is 6.92 Å². The molecule has 0 aliphatic heterocycles. The maximum atomic E-state index is 10.9. The molecule has 5 atom stereocenters. The SMILES string of the molecule is C[C@@H](C=O)[C@H]1CCC2C(O)CCC[C@@]21C. The maximum absolute atomic E-state index is 10.9. The van der Waals surface area contributed by atoms with Crippen LogP contribution >= 0.6 is 0 Å². The highest BCUT2D eigenvalue weighted by Crippen LogP contribution is 2.57. The Morgan fingerprint density at radius 2 is 2.13 bits per heavy atom. The van der Waals surface area contributed by atoms with E-state index < -0.39 is 0 Å². The summed E-state index contributed by atoms with van der Waals surface area (Å²) in [5.41, 5.74) is 0.220. The monoisotopic (exact) mass is 210 g/mol. The molecule has 2 aliphatic carbocycles. The highest BCUT2D eigenvalue weighted by atomic mass is 16.3. The van der Waals surface area contributed by atoms with E-state index in [1.54, 1.807) is 0 Å². The molecule has 2 fully saturated rings. The Balaban J connectivity index is 2.20. The topological polar surface area (TPSA) is 37.3 Å². The molecule has 15 heavy (non-hydrogen) atoms. The van der Waals surface area contributed by atoms with E-state index in [4.69, 9.17) is 0 Å². The van der Waals surface area contributed by atoms with Crippen molar-refractivity contribution in [2.45, 2.75) is 52.1 Å². The van der Waals surface area contributed by atoms with Crippen LogP contribution in [0.1, 0.15) is 46.0 Å². The number of aliphatic hydroxyl groups is 1. The molecule has 0 aromatic heterocycles. The molecule has 2 saturated carbocycles. The lowest BCUT2D eigenvalue weighted by molar-refractivity contribution is -0.114. The third-order valence-electron chi connectivity index (χ3n) is 5.01. The van der Waals surface area contributed by atoms with Crippen LogP contribution in [0.4, 0.5) is 0 Å². The van der Waals surface area contributed by atoms with Crippen molar-refractivity contribution in [3.8, 4) is 0 Å². The maximum Gasteiger partial charge on any atom is 0.123 e. The number of aldehydes is 1. The molecule has 0 aromatic carbocycles. The average molecular weight is 210 g/mol. The normalized spacial score (nSPS) is 47.3. The first kappa shape index (κ1) is 11.1. The third-order valence-corrected chi connectivity index (χ3v) is 5.01. The lowest BCUT2D eigenvalue weighted by atomic mass is 9.62. The average Bonchev–Trinajstić information content (AvgIpc) is 2.56. The van der Waals surface area contributed by atoms with E-state index in [0.717, 1.165) is 32.0 Å². The summed E-state index contributed by atoms with van der Waals surface area (Å²) < 4.78 is 0. The number of hydrogen-bond donors (Lipinski definition) is 1. The van der Waals surface area contributed by atoms with Crippen LogP contribution in [0.15, 0.2) is 0 Å². The van der Waals surface area contributed by atoms with Crippen LogP contribution in [0.5, 0.6) is 0 Å². The van der Waals surface area contributed by atoms with Gasteiger partial charge in [0.15, 0.2) is 0 Å². The molecule has 0 radical (unpaired) electrons. The van der Waals surface area contributed by atoms with Crippen molar-refractivity contribution in [3.05, 3.63) is 0 Å². The fraction of sp³-hybridized carbons (Fsp3) is 0.923. The van der Waals surface area contributed by atoms with Crippen molar-refractivity contribution < 1.29 is 9.90 Å². The number of carbonyl (C=O) groups excluding carboxylic acids is 1. The van der Waals surface area contributed by atoms with Gasteiger partial charge in [-0.3, -0.25) is 0 Å². The lowest BCUT2D eigenvalue weighted by Crippen LogP contribution is -2.41. The highest BCUT2D eigenvalue weighted by Gasteiger charge is 2.52. The van der Waals surface area contributed by atoms with E-state index >= 15 is 0 Å². The second-order valence-electron chi connectivity index (χ2n) is 5.75. The van der Waals surface area contributed by atoms with Crippen LogP contribution in [0.25, 0.3) is 0 Å². The molecule has 0 heterocycles. The Bertz CT molecular complexity index is 251. The largest absolute Gasteiger partial charge is 0.393 e. The molecule has 0 bridgehead atoms. The summed E-state index contributed by atoms with van der Waals surface area (Å²) in [6, 6.07) is 0. The summed E-state index contributed by atoms with van der Waals surface area (Å²) in [5, 5.41) is 10.0. The zero-order chi connectivity index (χ0) is 11.1. The van der Waals surface area contributed by atoms with Gasteiger partial charge in [-0.15, -0.1) is 0 Å². The Labute approximate surface area is 92.1 Å². The van der Waals surface area contributed by atoms with Crippen LogP contribution in [-0.2, 0) is 4.79 Å². The van der Waals surface area contributed by atoms with Gasteiger partial charge in [0.25, 0.3) is 0 Å². The van der Waals surface area contributed by atoms with Crippen molar-refractivity contribution in [2.75, 3.05) is 0 Å². The third kappa shape index (κ3) is 1.63. The first-order chi connectivity index (χ1) is 7.09. The number of aliphatic hydroxyl groups excluding tert-OH is 1. The second-order valence-corrected chi connectivity index (χ2v) is 5.75. The molecular weight excluding hydrogens is 188 g/mol. The van der Waals surface area contributed by atoms with Gasteiger partial charge in [0, 0.05) is 5.92 Å². The molecule has 2 heteroatoms. The molecule has 86 valence electrons. The minimum atomic E-state index is -0.118. The van der Waals surface area contributed by atoms with Crippen molar-refractivity contribution in [1.82, 2.24) is 0 Å². The van der Waals surface area contributed by atoms with E-state index in [2.05, 4.69) is 6.92 Å². The highest BCUT2D eigenvalue weighted by molar-refractivity contribution is 5.53. The number of rotatable bonds is 2. The van der Waals surface area contributed by atoms with Gasteiger partial charge in [0.05, 0.1) is 6.10 Å². The molecule has 0 spiro atoms. The zero-order valence-corrected chi connectivity index (χ0v) is 9.78. The van der Waals surface area contributed by atoms with Crippen molar-refractivity contribution in [2.24, 2.45) is 23.2 Å². The Hall–Kier alpha value is -0.370. The van der Waals surface area contributed by atoms with Crippen LogP contribution < -0.4 is 0 Å². The number of fused-ring (bicyclic) bond motifs is 1. The van der Waals surface area contributed by atoms with Gasteiger partial charge >= 0.3 is 0 Å². The first-order valence-corrected chi connectivity index (χ1v) is 6.23. The summed E-state index contributed by atoms with van der Waals surface area (Å²) >= 11 is 0. The summed E-state index contributed by atoms with van der Waals surface area (Å²) in [6.07, 6.45) is 6.49. The lowest BCUT2D eigenvalue weighted by Gasteiger charge is -2.44. The second kappa shape index (κ2) is 3.89. The fourth-order valence-electron chi connectivity index (χ4n) is 4.15. The van der Waals surface area contributed by atoms with Gasteiger partial charge in [0.2, 0.25) is 0 Å². The first-order valence-electron chi connectivity index (χ1n) is 6.23. The van der Waals surface area contributed by atoms with Gasteiger partial charge in [-0.2, -0.15) is 0 Å². The molecule has 2 rings (SSSR count). The van der Waals surface area contributed by atoms with Gasteiger partial charge < -0.3 is 9.90 Å². The van der Waals surface area contributed by atoms with Gasteiger partial charge in [-0.05, 0) is 42.9 Å².